The molecular weight excluding hydrogens is 366 g/mol. The van der Waals surface area contributed by atoms with E-state index >= 15 is 0 Å². The van der Waals surface area contributed by atoms with Gasteiger partial charge < -0.3 is 9.64 Å². The number of hydrogen-bond acceptors (Lipinski definition) is 4. The second-order valence-electron chi connectivity index (χ2n) is 7.63. The molecule has 0 aromatic heterocycles. The summed E-state index contributed by atoms with van der Waals surface area (Å²) >= 11 is 0. The zero-order valence-corrected chi connectivity index (χ0v) is 16.1. The molecule has 0 spiro atoms. The Hall–Kier alpha value is -3.12. The van der Waals surface area contributed by atoms with Gasteiger partial charge in [0.1, 0.15) is 6.61 Å². The van der Waals surface area contributed by atoms with E-state index in [1.807, 2.05) is 53.5 Å². The molecule has 2 atom stereocenters. The minimum Gasteiger partial charge on any atom is -0.445 e. The van der Waals surface area contributed by atoms with E-state index < -0.39 is 0 Å². The highest BCUT2D eigenvalue weighted by atomic mass is 16.6. The van der Waals surface area contributed by atoms with Crippen molar-refractivity contribution in [3.63, 3.8) is 0 Å². The summed E-state index contributed by atoms with van der Waals surface area (Å²) in [4.78, 5) is 26.9. The number of hydrazine groups is 1. The van der Waals surface area contributed by atoms with Crippen LogP contribution >= 0.6 is 0 Å². The summed E-state index contributed by atoms with van der Waals surface area (Å²) in [6.07, 6.45) is 2.28. The van der Waals surface area contributed by atoms with Gasteiger partial charge in [-0.2, -0.15) is 0 Å². The number of benzene rings is 2. The van der Waals surface area contributed by atoms with Crippen molar-refractivity contribution in [2.24, 2.45) is 0 Å². The molecule has 148 valence electrons. The van der Waals surface area contributed by atoms with Crippen LogP contribution in [0.2, 0.25) is 0 Å². The Labute approximate surface area is 169 Å². The van der Waals surface area contributed by atoms with Gasteiger partial charge in [0.2, 0.25) is 5.91 Å². The van der Waals surface area contributed by atoms with Gasteiger partial charge in [0.05, 0.1) is 18.6 Å². The van der Waals surface area contributed by atoms with Crippen LogP contribution in [0.25, 0.3) is 0 Å². The SMILES string of the molecule is O=C(OCc1ccccc1)N1CC=C2[C@H](c3ccccc3)N3CCC(=O)N3[C@H]2C1. The summed E-state index contributed by atoms with van der Waals surface area (Å²) in [7, 11) is 0. The third-order valence-corrected chi connectivity index (χ3v) is 5.90. The number of nitrogens with zero attached hydrogens (tertiary/aromatic N) is 3. The molecule has 0 bridgehead atoms. The van der Waals surface area contributed by atoms with Crippen LogP contribution in [0.15, 0.2) is 72.3 Å². The van der Waals surface area contributed by atoms with Crippen molar-refractivity contribution in [2.45, 2.75) is 25.1 Å². The summed E-state index contributed by atoms with van der Waals surface area (Å²) in [5, 5.41) is 4.02. The molecule has 6 nitrogen and oxygen atoms in total. The molecule has 0 N–H and O–H groups in total. The lowest BCUT2D eigenvalue weighted by molar-refractivity contribution is -0.138. The number of carbonyl (C=O) groups excluding carboxylic acids is 2. The van der Waals surface area contributed by atoms with Gasteiger partial charge in [-0.25, -0.2) is 9.80 Å². The first-order valence-corrected chi connectivity index (χ1v) is 10.0. The van der Waals surface area contributed by atoms with Gasteiger partial charge in [-0.05, 0) is 16.7 Å². The molecule has 0 saturated carbocycles. The Bertz CT molecular complexity index is 944. The third kappa shape index (κ3) is 3.19. The van der Waals surface area contributed by atoms with E-state index in [2.05, 4.69) is 23.2 Å². The fourth-order valence-corrected chi connectivity index (χ4v) is 4.57. The van der Waals surface area contributed by atoms with Crippen LogP contribution in [0, 0.1) is 0 Å². The second kappa shape index (κ2) is 7.37. The van der Waals surface area contributed by atoms with Crippen LogP contribution in [0.5, 0.6) is 0 Å². The quantitative estimate of drug-likeness (QED) is 0.757. The molecule has 2 saturated heterocycles. The predicted molar refractivity (Wildman–Crippen MR) is 107 cm³/mol. The smallest absolute Gasteiger partial charge is 0.410 e. The largest absolute Gasteiger partial charge is 0.445 e. The Morgan fingerprint density at radius 1 is 1.03 bits per heavy atom. The number of amides is 2. The van der Waals surface area contributed by atoms with E-state index in [-0.39, 0.29) is 30.7 Å². The van der Waals surface area contributed by atoms with Gasteiger partial charge >= 0.3 is 6.09 Å². The molecule has 2 fully saturated rings. The topological polar surface area (TPSA) is 53.1 Å². The zero-order chi connectivity index (χ0) is 19.8. The molecule has 5 rings (SSSR count). The Balaban J connectivity index is 1.35. The molecular formula is C23H23N3O3. The van der Waals surface area contributed by atoms with Gasteiger partial charge in [-0.15, -0.1) is 0 Å². The highest BCUT2D eigenvalue weighted by molar-refractivity contribution is 5.80. The minimum atomic E-state index is -0.342. The summed E-state index contributed by atoms with van der Waals surface area (Å²) in [6.45, 7) is 1.92. The highest BCUT2D eigenvalue weighted by Gasteiger charge is 2.51. The number of fused-ring (bicyclic) bond motifs is 3. The van der Waals surface area contributed by atoms with Crippen molar-refractivity contribution < 1.29 is 14.3 Å². The number of rotatable bonds is 3. The molecule has 2 aromatic rings. The van der Waals surface area contributed by atoms with Crippen molar-refractivity contribution >= 4 is 12.0 Å². The Kier molecular flexibility index (Phi) is 4.56. The zero-order valence-electron chi connectivity index (χ0n) is 16.1. The monoisotopic (exact) mass is 389 g/mol. The van der Waals surface area contributed by atoms with Crippen LogP contribution in [-0.2, 0) is 16.1 Å². The molecule has 2 amide bonds. The number of carbonyl (C=O) groups is 2. The average Bonchev–Trinajstić information content (AvgIpc) is 3.30. The minimum absolute atomic E-state index is 0.0649. The van der Waals surface area contributed by atoms with E-state index in [4.69, 9.17) is 4.74 Å². The molecule has 29 heavy (non-hydrogen) atoms. The molecule has 0 radical (unpaired) electrons. The molecule has 3 aliphatic rings. The van der Waals surface area contributed by atoms with Crippen molar-refractivity contribution in [1.29, 1.82) is 0 Å². The Morgan fingerprint density at radius 3 is 2.52 bits per heavy atom. The maximum absolute atomic E-state index is 12.6. The van der Waals surface area contributed by atoms with Crippen molar-refractivity contribution in [1.82, 2.24) is 14.9 Å². The van der Waals surface area contributed by atoms with Gasteiger partial charge in [0, 0.05) is 19.5 Å². The summed E-state index contributed by atoms with van der Waals surface area (Å²) < 4.78 is 5.51. The number of ether oxygens (including phenoxy) is 1. The Morgan fingerprint density at radius 2 is 1.76 bits per heavy atom. The van der Waals surface area contributed by atoms with Crippen LogP contribution in [0.3, 0.4) is 0 Å². The van der Waals surface area contributed by atoms with E-state index in [0.29, 0.717) is 26.1 Å². The molecule has 3 heterocycles. The lowest BCUT2D eigenvalue weighted by atomic mass is 9.92. The molecule has 0 unspecified atom stereocenters. The van der Waals surface area contributed by atoms with Crippen LogP contribution in [0.1, 0.15) is 23.6 Å². The van der Waals surface area contributed by atoms with Gasteiger partial charge in [-0.1, -0.05) is 66.7 Å². The summed E-state index contributed by atoms with van der Waals surface area (Å²) in [6, 6.07) is 19.9. The van der Waals surface area contributed by atoms with Crippen LogP contribution in [0.4, 0.5) is 4.79 Å². The standard InChI is InChI=1S/C23H23N3O3/c27-21-12-14-25-22(18-9-5-2-6-10-18)19-11-13-24(15-20(19)26(21)25)23(28)29-16-17-7-3-1-4-8-17/h1-11,20,22H,12-16H2/t20-,22-/m0/s1. The maximum Gasteiger partial charge on any atom is 0.410 e. The van der Waals surface area contributed by atoms with E-state index in [1.165, 1.54) is 11.1 Å². The lowest BCUT2D eigenvalue weighted by Crippen LogP contribution is -2.48. The average molecular weight is 389 g/mol. The third-order valence-electron chi connectivity index (χ3n) is 5.90. The van der Waals surface area contributed by atoms with Crippen molar-refractivity contribution in [3.05, 3.63) is 83.4 Å². The lowest BCUT2D eigenvalue weighted by Gasteiger charge is -2.32. The summed E-state index contributed by atoms with van der Waals surface area (Å²) in [5.74, 6) is 0.124. The second-order valence-corrected chi connectivity index (χ2v) is 7.63. The highest BCUT2D eigenvalue weighted by Crippen LogP contribution is 2.45. The van der Waals surface area contributed by atoms with E-state index in [1.54, 1.807) is 4.90 Å². The van der Waals surface area contributed by atoms with Crippen molar-refractivity contribution in [2.75, 3.05) is 19.6 Å². The molecule has 6 heteroatoms. The normalized spacial score (nSPS) is 23.6. The van der Waals surface area contributed by atoms with Gasteiger partial charge in [-0.3, -0.25) is 9.80 Å². The van der Waals surface area contributed by atoms with Crippen LogP contribution in [-0.4, -0.2) is 52.6 Å². The van der Waals surface area contributed by atoms with Crippen molar-refractivity contribution in [3.8, 4) is 0 Å². The van der Waals surface area contributed by atoms with Crippen LogP contribution < -0.4 is 0 Å². The van der Waals surface area contributed by atoms with Gasteiger partial charge in [0.15, 0.2) is 0 Å². The first-order valence-electron chi connectivity index (χ1n) is 10.0. The summed E-state index contributed by atoms with van der Waals surface area (Å²) in [5.41, 5.74) is 3.34. The number of hydrogen-bond donors (Lipinski definition) is 0. The van der Waals surface area contributed by atoms with E-state index in [0.717, 1.165) is 5.56 Å². The molecule has 0 aliphatic carbocycles. The first kappa shape index (κ1) is 17.9. The molecule has 2 aromatic carbocycles. The molecule has 3 aliphatic heterocycles. The fourth-order valence-electron chi connectivity index (χ4n) is 4.57. The van der Waals surface area contributed by atoms with Gasteiger partial charge in [0.25, 0.3) is 0 Å². The fraction of sp³-hybridized carbons (Fsp3) is 0.304. The predicted octanol–water partition coefficient (Wildman–Crippen LogP) is 3.14. The van der Waals surface area contributed by atoms with E-state index in [9.17, 15) is 9.59 Å². The first-order chi connectivity index (χ1) is 14.2. The maximum atomic E-state index is 12.6.